The Hall–Kier alpha value is -3.81. The molecule has 8 heteroatoms. The molecular weight excluding hydrogens is 436 g/mol. The Labute approximate surface area is 197 Å². The molecule has 2 aromatic rings. The van der Waals surface area contributed by atoms with Crippen molar-refractivity contribution >= 4 is 40.8 Å². The molecule has 4 rings (SSSR count). The van der Waals surface area contributed by atoms with Crippen LogP contribution in [-0.2, 0) is 19.1 Å². The topological polar surface area (TPSA) is 110 Å². The number of Topliss-reactive ketones (excluding diaryl/α,β-unsaturated/α-hetero) is 1. The molecule has 1 heterocycles. The molecule has 0 aromatic heterocycles. The van der Waals surface area contributed by atoms with Crippen molar-refractivity contribution in [2.45, 2.75) is 33.1 Å². The Morgan fingerprint density at radius 3 is 2.38 bits per heavy atom. The van der Waals surface area contributed by atoms with Crippen molar-refractivity contribution in [3.8, 4) is 0 Å². The van der Waals surface area contributed by atoms with E-state index in [1.807, 2.05) is 0 Å². The molecule has 2 fully saturated rings. The van der Waals surface area contributed by atoms with Crippen molar-refractivity contribution < 1.29 is 28.7 Å². The van der Waals surface area contributed by atoms with Crippen molar-refractivity contribution in [2.24, 2.45) is 17.8 Å². The van der Waals surface area contributed by atoms with Gasteiger partial charge in [-0.3, -0.25) is 24.1 Å². The van der Waals surface area contributed by atoms with Crippen LogP contribution in [0.25, 0.3) is 0 Å². The predicted octanol–water partition coefficient (Wildman–Crippen LogP) is 3.61. The van der Waals surface area contributed by atoms with Gasteiger partial charge in [-0.1, -0.05) is 19.1 Å². The summed E-state index contributed by atoms with van der Waals surface area (Å²) in [5.41, 5.74) is 1.50. The summed E-state index contributed by atoms with van der Waals surface area (Å²) in [7, 11) is 0. The van der Waals surface area contributed by atoms with Gasteiger partial charge in [0.1, 0.15) is 0 Å². The Morgan fingerprint density at radius 2 is 1.68 bits per heavy atom. The van der Waals surface area contributed by atoms with Crippen LogP contribution in [0.4, 0.5) is 11.4 Å². The molecular formula is C26H26N2O6. The van der Waals surface area contributed by atoms with Gasteiger partial charge in [-0.05, 0) is 68.5 Å². The Bertz CT molecular complexity index is 1160. The zero-order chi connectivity index (χ0) is 24.4. The van der Waals surface area contributed by atoms with Gasteiger partial charge in [0.2, 0.25) is 11.8 Å². The molecule has 2 aliphatic rings. The normalized spacial score (nSPS) is 21.7. The number of amides is 3. The lowest BCUT2D eigenvalue weighted by Gasteiger charge is -2.25. The summed E-state index contributed by atoms with van der Waals surface area (Å²) >= 11 is 0. The minimum Gasteiger partial charge on any atom is -0.452 e. The Kier molecular flexibility index (Phi) is 6.58. The number of benzene rings is 2. The highest BCUT2D eigenvalue weighted by atomic mass is 16.5. The first kappa shape index (κ1) is 23.4. The number of anilines is 2. The van der Waals surface area contributed by atoms with Crippen LogP contribution in [0.1, 0.15) is 53.8 Å². The summed E-state index contributed by atoms with van der Waals surface area (Å²) < 4.78 is 5.07. The van der Waals surface area contributed by atoms with Gasteiger partial charge in [0.15, 0.2) is 12.4 Å². The number of ketones is 1. The Morgan fingerprint density at radius 1 is 0.971 bits per heavy atom. The predicted molar refractivity (Wildman–Crippen MR) is 124 cm³/mol. The van der Waals surface area contributed by atoms with E-state index in [4.69, 9.17) is 4.74 Å². The van der Waals surface area contributed by atoms with Crippen LogP contribution in [-0.4, -0.2) is 36.1 Å². The summed E-state index contributed by atoms with van der Waals surface area (Å²) in [6, 6.07) is 12.5. The molecule has 1 aliphatic carbocycles. The number of hydrogen-bond donors (Lipinski definition) is 1. The largest absolute Gasteiger partial charge is 0.452 e. The van der Waals surface area contributed by atoms with Gasteiger partial charge < -0.3 is 10.1 Å². The van der Waals surface area contributed by atoms with Crippen LogP contribution in [0.3, 0.4) is 0 Å². The second-order valence-corrected chi connectivity index (χ2v) is 8.95. The van der Waals surface area contributed by atoms with Crippen molar-refractivity contribution in [2.75, 3.05) is 16.8 Å². The van der Waals surface area contributed by atoms with E-state index in [0.717, 1.165) is 19.3 Å². The van der Waals surface area contributed by atoms with E-state index in [-0.39, 0.29) is 35.0 Å². The van der Waals surface area contributed by atoms with Gasteiger partial charge in [0, 0.05) is 11.3 Å². The molecule has 1 saturated heterocycles. The quantitative estimate of drug-likeness (QED) is 0.399. The molecule has 8 nitrogen and oxygen atoms in total. The fourth-order valence-electron chi connectivity index (χ4n) is 4.62. The molecule has 0 unspecified atom stereocenters. The SMILES string of the molecule is CC(=O)c1cccc(NC(=O)COC(=O)c2ccc(N3C(=O)[C@H]4C[C@@H](C)CC[C@H]4C3=O)cc2)c1. The highest BCUT2D eigenvalue weighted by Gasteiger charge is 2.49. The lowest BCUT2D eigenvalue weighted by molar-refractivity contribution is -0.122. The number of nitrogens with zero attached hydrogens (tertiary/aromatic N) is 1. The third kappa shape index (κ3) is 4.76. The van der Waals surface area contributed by atoms with Gasteiger partial charge in [-0.25, -0.2) is 4.79 Å². The molecule has 34 heavy (non-hydrogen) atoms. The van der Waals surface area contributed by atoms with E-state index < -0.39 is 18.5 Å². The minimum absolute atomic E-state index is 0.128. The third-order valence-electron chi connectivity index (χ3n) is 6.44. The van der Waals surface area contributed by atoms with E-state index in [2.05, 4.69) is 12.2 Å². The number of ether oxygens (including phenoxy) is 1. The smallest absolute Gasteiger partial charge is 0.338 e. The van der Waals surface area contributed by atoms with Crippen molar-refractivity contribution in [3.05, 3.63) is 59.7 Å². The van der Waals surface area contributed by atoms with Crippen LogP contribution in [0.2, 0.25) is 0 Å². The average Bonchev–Trinajstić information content (AvgIpc) is 3.07. The van der Waals surface area contributed by atoms with E-state index in [1.54, 1.807) is 36.4 Å². The summed E-state index contributed by atoms with van der Waals surface area (Å²) in [6.07, 6.45) is 2.38. The summed E-state index contributed by atoms with van der Waals surface area (Å²) in [5.74, 6) is -1.85. The molecule has 3 amide bonds. The van der Waals surface area contributed by atoms with Crippen LogP contribution in [0.5, 0.6) is 0 Å². The van der Waals surface area contributed by atoms with Gasteiger partial charge in [0.25, 0.3) is 5.91 Å². The number of nitrogens with one attached hydrogen (secondary N) is 1. The fraction of sp³-hybridized carbons (Fsp3) is 0.346. The lowest BCUT2D eigenvalue weighted by atomic mass is 9.76. The highest BCUT2D eigenvalue weighted by Crippen LogP contribution is 2.42. The summed E-state index contributed by atoms with van der Waals surface area (Å²) in [4.78, 5) is 62.8. The van der Waals surface area contributed by atoms with Gasteiger partial charge in [-0.2, -0.15) is 0 Å². The van der Waals surface area contributed by atoms with E-state index in [9.17, 15) is 24.0 Å². The van der Waals surface area contributed by atoms with Crippen LogP contribution >= 0.6 is 0 Å². The zero-order valence-electron chi connectivity index (χ0n) is 19.1. The van der Waals surface area contributed by atoms with Crippen molar-refractivity contribution in [1.82, 2.24) is 0 Å². The number of esters is 1. The summed E-state index contributed by atoms with van der Waals surface area (Å²) in [6.45, 7) is 3.02. The lowest BCUT2D eigenvalue weighted by Crippen LogP contribution is -2.30. The van der Waals surface area contributed by atoms with E-state index in [1.165, 1.54) is 24.0 Å². The molecule has 0 radical (unpaired) electrons. The maximum atomic E-state index is 12.9. The Balaban J connectivity index is 1.35. The van der Waals surface area contributed by atoms with Crippen molar-refractivity contribution in [1.29, 1.82) is 0 Å². The summed E-state index contributed by atoms with van der Waals surface area (Å²) in [5, 5.41) is 2.58. The van der Waals surface area contributed by atoms with Crippen LogP contribution in [0.15, 0.2) is 48.5 Å². The monoisotopic (exact) mass is 462 g/mol. The number of fused-ring (bicyclic) bond motifs is 1. The van der Waals surface area contributed by atoms with E-state index in [0.29, 0.717) is 22.9 Å². The number of imide groups is 1. The molecule has 0 spiro atoms. The zero-order valence-corrected chi connectivity index (χ0v) is 19.1. The second-order valence-electron chi connectivity index (χ2n) is 8.95. The molecule has 176 valence electrons. The second kappa shape index (κ2) is 9.59. The van der Waals surface area contributed by atoms with Gasteiger partial charge in [-0.15, -0.1) is 0 Å². The first-order valence-electron chi connectivity index (χ1n) is 11.3. The standard InChI is InChI=1S/C26H26N2O6/c1-15-6-11-21-22(12-15)25(32)28(24(21)31)20-9-7-17(8-10-20)26(33)34-14-23(30)27-19-5-3-4-18(13-19)16(2)29/h3-5,7-10,13,15,21-22H,6,11-12,14H2,1-2H3,(H,27,30)/t15-,21+,22-/m0/s1. The third-order valence-corrected chi connectivity index (χ3v) is 6.44. The first-order chi connectivity index (χ1) is 16.2. The first-order valence-corrected chi connectivity index (χ1v) is 11.3. The maximum absolute atomic E-state index is 12.9. The molecule has 2 aromatic carbocycles. The molecule has 1 N–H and O–H groups in total. The van der Waals surface area contributed by atoms with Crippen molar-refractivity contribution in [3.63, 3.8) is 0 Å². The fourth-order valence-corrected chi connectivity index (χ4v) is 4.62. The van der Waals surface area contributed by atoms with E-state index >= 15 is 0 Å². The van der Waals surface area contributed by atoms with Crippen LogP contribution in [0, 0.1) is 17.8 Å². The minimum atomic E-state index is -0.708. The highest BCUT2D eigenvalue weighted by molar-refractivity contribution is 6.22. The molecule has 1 saturated carbocycles. The maximum Gasteiger partial charge on any atom is 0.338 e. The average molecular weight is 463 g/mol. The van der Waals surface area contributed by atoms with Gasteiger partial charge in [0.05, 0.1) is 23.1 Å². The molecule has 1 aliphatic heterocycles. The van der Waals surface area contributed by atoms with Crippen LogP contribution < -0.4 is 10.2 Å². The number of carbonyl (C=O) groups excluding carboxylic acids is 5. The number of carbonyl (C=O) groups is 5. The molecule has 3 atom stereocenters. The number of rotatable bonds is 6. The number of hydrogen-bond acceptors (Lipinski definition) is 6. The molecule has 0 bridgehead atoms. The van der Waals surface area contributed by atoms with Gasteiger partial charge >= 0.3 is 5.97 Å².